The van der Waals surface area contributed by atoms with Crippen molar-refractivity contribution in [2.45, 2.75) is 19.3 Å². The van der Waals surface area contributed by atoms with Crippen LogP contribution < -0.4 is 5.32 Å². The van der Waals surface area contributed by atoms with Gasteiger partial charge in [-0.1, -0.05) is 6.07 Å². The molecule has 0 atom stereocenters. The van der Waals surface area contributed by atoms with E-state index in [1.807, 2.05) is 13.1 Å². The molecule has 1 aliphatic rings. The molecule has 16 heavy (non-hydrogen) atoms. The van der Waals surface area contributed by atoms with Gasteiger partial charge in [0.2, 0.25) is 0 Å². The minimum atomic E-state index is 0.502. The lowest BCUT2D eigenvalue weighted by atomic mass is 9.96. The van der Waals surface area contributed by atoms with Crippen molar-refractivity contribution in [3.05, 3.63) is 30.2 Å². The molecule has 3 heteroatoms. The Kier molecular flexibility index (Phi) is 2.21. The van der Waals surface area contributed by atoms with Gasteiger partial charge in [-0.2, -0.15) is 0 Å². The van der Waals surface area contributed by atoms with E-state index in [4.69, 9.17) is 4.42 Å². The van der Waals surface area contributed by atoms with Gasteiger partial charge in [0.15, 0.2) is 12.0 Å². The van der Waals surface area contributed by atoms with E-state index in [2.05, 4.69) is 22.4 Å². The fourth-order valence-electron chi connectivity index (χ4n) is 2.41. The molecular formula is C13H16N2O. The van der Waals surface area contributed by atoms with Gasteiger partial charge in [0.05, 0.1) is 0 Å². The van der Waals surface area contributed by atoms with Crippen LogP contribution in [-0.4, -0.2) is 18.6 Å². The Balaban J connectivity index is 1.83. The van der Waals surface area contributed by atoms with Crippen LogP contribution in [-0.2, 0) is 6.42 Å². The van der Waals surface area contributed by atoms with Crippen LogP contribution in [0.15, 0.2) is 29.0 Å². The smallest absolute Gasteiger partial charge is 0.181 e. The van der Waals surface area contributed by atoms with Crippen LogP contribution in [0.4, 0.5) is 0 Å². The third-order valence-electron chi connectivity index (χ3n) is 3.48. The molecule has 0 bridgehead atoms. The summed E-state index contributed by atoms with van der Waals surface area (Å²) in [6.45, 7) is 1.11. The lowest BCUT2D eigenvalue weighted by molar-refractivity contribution is 0.478. The molecule has 0 amide bonds. The predicted molar refractivity (Wildman–Crippen MR) is 63.3 cm³/mol. The van der Waals surface area contributed by atoms with Crippen LogP contribution in [0.5, 0.6) is 0 Å². The number of nitrogens with zero attached hydrogens (tertiary/aromatic N) is 1. The van der Waals surface area contributed by atoms with Crippen molar-refractivity contribution < 1.29 is 4.42 Å². The number of hydrogen-bond acceptors (Lipinski definition) is 3. The second-order valence-electron chi connectivity index (χ2n) is 4.86. The zero-order chi connectivity index (χ0) is 11.0. The quantitative estimate of drug-likeness (QED) is 0.852. The van der Waals surface area contributed by atoms with Gasteiger partial charge in [-0.05, 0) is 49.4 Å². The molecule has 3 rings (SSSR count). The number of benzene rings is 1. The number of hydrogen-bond donors (Lipinski definition) is 1. The van der Waals surface area contributed by atoms with Crippen molar-refractivity contribution in [3.63, 3.8) is 0 Å². The number of fused-ring (bicyclic) bond motifs is 1. The molecule has 3 nitrogen and oxygen atoms in total. The van der Waals surface area contributed by atoms with E-state index in [1.165, 1.54) is 24.8 Å². The van der Waals surface area contributed by atoms with Crippen molar-refractivity contribution in [2.75, 3.05) is 13.6 Å². The van der Waals surface area contributed by atoms with Crippen LogP contribution in [0.3, 0.4) is 0 Å². The summed E-state index contributed by atoms with van der Waals surface area (Å²) in [5, 5.41) is 3.29. The highest BCUT2D eigenvalue weighted by Crippen LogP contribution is 2.47. The molecule has 1 N–H and O–H groups in total. The molecule has 0 spiro atoms. The molecule has 2 aromatic rings. The van der Waals surface area contributed by atoms with E-state index in [0.717, 1.165) is 24.1 Å². The average Bonchev–Trinajstić information content (AvgIpc) is 2.87. The average molecular weight is 216 g/mol. The fraction of sp³-hybridized carbons (Fsp3) is 0.462. The van der Waals surface area contributed by atoms with Crippen LogP contribution in [0.2, 0.25) is 0 Å². The number of oxazole rings is 1. The Hall–Kier alpha value is -1.35. The lowest BCUT2D eigenvalue weighted by Gasteiger charge is -2.14. The summed E-state index contributed by atoms with van der Waals surface area (Å²) >= 11 is 0. The summed E-state index contributed by atoms with van der Waals surface area (Å²) in [6, 6.07) is 6.34. The fourth-order valence-corrected chi connectivity index (χ4v) is 2.41. The van der Waals surface area contributed by atoms with Crippen molar-refractivity contribution in [1.29, 1.82) is 0 Å². The second-order valence-corrected chi connectivity index (χ2v) is 4.86. The first-order chi connectivity index (χ1) is 7.81. The topological polar surface area (TPSA) is 38.1 Å². The highest BCUT2D eigenvalue weighted by molar-refractivity contribution is 5.72. The van der Waals surface area contributed by atoms with Crippen molar-refractivity contribution in [1.82, 2.24) is 10.3 Å². The highest BCUT2D eigenvalue weighted by atomic mass is 16.3. The first-order valence-corrected chi connectivity index (χ1v) is 5.78. The van der Waals surface area contributed by atoms with Crippen LogP contribution in [0.1, 0.15) is 18.4 Å². The predicted octanol–water partition coefficient (Wildman–Crippen LogP) is 2.37. The van der Waals surface area contributed by atoms with Crippen LogP contribution in [0, 0.1) is 5.41 Å². The number of rotatable bonds is 4. The van der Waals surface area contributed by atoms with Crippen LogP contribution >= 0.6 is 0 Å². The molecule has 1 saturated carbocycles. The maximum absolute atomic E-state index is 5.33. The Morgan fingerprint density at radius 2 is 2.31 bits per heavy atom. The first-order valence-electron chi connectivity index (χ1n) is 5.78. The molecule has 0 unspecified atom stereocenters. The zero-order valence-corrected chi connectivity index (χ0v) is 9.49. The van der Waals surface area contributed by atoms with Gasteiger partial charge >= 0.3 is 0 Å². The standard InChI is InChI=1S/C13H16N2O/c1-14-8-13(4-5-13)7-10-2-3-11-12(6-10)16-9-15-11/h2-3,6,9,14H,4-5,7-8H2,1H3. The number of aromatic nitrogens is 1. The van der Waals surface area contributed by atoms with E-state index in [1.54, 1.807) is 0 Å². The maximum Gasteiger partial charge on any atom is 0.181 e. The second kappa shape index (κ2) is 3.59. The molecule has 1 fully saturated rings. The summed E-state index contributed by atoms with van der Waals surface area (Å²) < 4.78 is 5.33. The third kappa shape index (κ3) is 1.71. The van der Waals surface area contributed by atoms with Gasteiger partial charge in [0.25, 0.3) is 0 Å². The van der Waals surface area contributed by atoms with E-state index in [0.29, 0.717) is 5.41 Å². The minimum Gasteiger partial charge on any atom is -0.443 e. The minimum absolute atomic E-state index is 0.502. The molecule has 0 saturated heterocycles. The normalized spacial score (nSPS) is 17.8. The van der Waals surface area contributed by atoms with E-state index in [-0.39, 0.29) is 0 Å². The van der Waals surface area contributed by atoms with Gasteiger partial charge < -0.3 is 9.73 Å². The van der Waals surface area contributed by atoms with Gasteiger partial charge in [-0.15, -0.1) is 0 Å². The molecule has 84 valence electrons. The lowest BCUT2D eigenvalue weighted by Crippen LogP contribution is -2.21. The summed E-state index contributed by atoms with van der Waals surface area (Å²) in [7, 11) is 2.03. The highest BCUT2D eigenvalue weighted by Gasteiger charge is 2.41. The Bertz CT molecular complexity index is 499. The van der Waals surface area contributed by atoms with Gasteiger partial charge in [-0.3, -0.25) is 0 Å². The molecule has 0 aliphatic heterocycles. The van der Waals surface area contributed by atoms with E-state index in [9.17, 15) is 0 Å². The molecule has 1 aromatic heterocycles. The largest absolute Gasteiger partial charge is 0.443 e. The third-order valence-corrected chi connectivity index (χ3v) is 3.48. The molecule has 1 aliphatic carbocycles. The molecule has 0 radical (unpaired) electrons. The Labute approximate surface area is 94.9 Å². The maximum atomic E-state index is 5.33. The van der Waals surface area contributed by atoms with Crippen molar-refractivity contribution in [3.8, 4) is 0 Å². The summed E-state index contributed by atoms with van der Waals surface area (Å²) in [4.78, 5) is 4.13. The molecule has 1 heterocycles. The van der Waals surface area contributed by atoms with Crippen LogP contribution in [0.25, 0.3) is 11.1 Å². The van der Waals surface area contributed by atoms with Crippen molar-refractivity contribution in [2.24, 2.45) is 5.41 Å². The molecular weight excluding hydrogens is 200 g/mol. The zero-order valence-electron chi connectivity index (χ0n) is 9.49. The van der Waals surface area contributed by atoms with Crippen molar-refractivity contribution >= 4 is 11.1 Å². The summed E-state index contributed by atoms with van der Waals surface area (Å²) in [5.41, 5.74) is 3.71. The van der Waals surface area contributed by atoms with E-state index < -0.39 is 0 Å². The van der Waals surface area contributed by atoms with Gasteiger partial charge in [-0.25, -0.2) is 4.98 Å². The van der Waals surface area contributed by atoms with E-state index >= 15 is 0 Å². The summed E-state index contributed by atoms with van der Waals surface area (Å²) in [5.74, 6) is 0. The SMILES string of the molecule is CNCC1(Cc2ccc3ncoc3c2)CC1. The Morgan fingerprint density at radius 3 is 3.06 bits per heavy atom. The Morgan fingerprint density at radius 1 is 1.44 bits per heavy atom. The van der Waals surface area contributed by atoms with Gasteiger partial charge in [0, 0.05) is 6.54 Å². The summed E-state index contributed by atoms with van der Waals surface area (Å²) in [6.07, 6.45) is 5.32. The first kappa shape index (κ1) is 9.85. The van der Waals surface area contributed by atoms with Gasteiger partial charge in [0.1, 0.15) is 5.52 Å². The number of nitrogens with one attached hydrogen (secondary N) is 1. The molecule has 1 aromatic carbocycles. The monoisotopic (exact) mass is 216 g/mol.